The molecule has 1 aliphatic carbocycles. The van der Waals surface area contributed by atoms with Crippen LogP contribution in [0, 0.1) is 5.41 Å². The molecule has 1 amide bonds. The molecule has 2 rings (SSSR count). The Bertz CT molecular complexity index is 296. The van der Waals surface area contributed by atoms with Crippen molar-refractivity contribution in [1.82, 2.24) is 5.32 Å². The minimum absolute atomic E-state index is 0.0474. The Morgan fingerprint density at radius 1 is 1.50 bits per heavy atom. The van der Waals surface area contributed by atoms with E-state index in [2.05, 4.69) is 5.32 Å². The van der Waals surface area contributed by atoms with E-state index >= 15 is 0 Å². The van der Waals surface area contributed by atoms with Crippen molar-refractivity contribution < 1.29 is 4.79 Å². The van der Waals surface area contributed by atoms with Gasteiger partial charge in [-0.15, -0.1) is 0 Å². The molecule has 2 fully saturated rings. The number of thiocarbonyl (C=S) groups is 1. The summed E-state index contributed by atoms with van der Waals surface area (Å²) in [6, 6.07) is 0. The maximum Gasteiger partial charge on any atom is 0.233 e. The third kappa shape index (κ3) is 2.51. The second kappa shape index (κ2) is 4.92. The lowest BCUT2D eigenvalue weighted by Gasteiger charge is -2.22. The maximum atomic E-state index is 11.9. The number of nitrogens with two attached hydrogens (primary N) is 1. The second-order valence-electron chi connectivity index (χ2n) is 4.64. The molecule has 0 aromatic carbocycles. The van der Waals surface area contributed by atoms with Crippen molar-refractivity contribution in [3.8, 4) is 0 Å². The molecule has 0 radical (unpaired) electrons. The van der Waals surface area contributed by atoms with E-state index in [1.807, 2.05) is 11.8 Å². The first-order chi connectivity index (χ1) is 7.65. The summed E-state index contributed by atoms with van der Waals surface area (Å²) in [5.41, 5.74) is 5.12. The van der Waals surface area contributed by atoms with Crippen molar-refractivity contribution in [3.05, 3.63) is 0 Å². The standard InChI is InChI=1S/C11H18N2OS2/c12-9(15)11(4-5-11)10(14)13-7-8-3-1-2-6-16-8/h8H,1-7H2,(H2,12,15)(H,13,14). The summed E-state index contributed by atoms with van der Waals surface area (Å²) in [5.74, 6) is 1.27. The highest BCUT2D eigenvalue weighted by Crippen LogP contribution is 2.46. The van der Waals surface area contributed by atoms with Gasteiger partial charge in [-0.2, -0.15) is 11.8 Å². The Labute approximate surface area is 106 Å². The lowest BCUT2D eigenvalue weighted by Crippen LogP contribution is -2.42. The number of hydrogen-bond donors (Lipinski definition) is 2. The van der Waals surface area contributed by atoms with Crippen molar-refractivity contribution in [3.63, 3.8) is 0 Å². The number of rotatable bonds is 4. The third-order valence-electron chi connectivity index (χ3n) is 3.42. The Kier molecular flexibility index (Phi) is 3.74. The molecule has 5 heteroatoms. The lowest BCUT2D eigenvalue weighted by molar-refractivity contribution is -0.123. The fraction of sp³-hybridized carbons (Fsp3) is 0.818. The molecule has 0 bridgehead atoms. The van der Waals surface area contributed by atoms with Crippen LogP contribution in [0.2, 0.25) is 0 Å². The molecule has 90 valence electrons. The van der Waals surface area contributed by atoms with Crippen LogP contribution in [0.1, 0.15) is 32.1 Å². The Morgan fingerprint density at radius 2 is 2.25 bits per heavy atom. The van der Waals surface area contributed by atoms with Crippen molar-refractivity contribution in [2.45, 2.75) is 37.4 Å². The molecule has 2 aliphatic rings. The number of thioether (sulfide) groups is 1. The minimum Gasteiger partial charge on any atom is -0.392 e. The van der Waals surface area contributed by atoms with Crippen molar-refractivity contribution >= 4 is 34.9 Å². The van der Waals surface area contributed by atoms with Crippen molar-refractivity contribution in [1.29, 1.82) is 0 Å². The Morgan fingerprint density at radius 3 is 2.75 bits per heavy atom. The van der Waals surface area contributed by atoms with E-state index in [1.165, 1.54) is 25.0 Å². The quantitative estimate of drug-likeness (QED) is 0.750. The van der Waals surface area contributed by atoms with Crippen molar-refractivity contribution in [2.75, 3.05) is 12.3 Å². The summed E-state index contributed by atoms with van der Waals surface area (Å²) >= 11 is 6.92. The van der Waals surface area contributed by atoms with Gasteiger partial charge in [0.2, 0.25) is 5.91 Å². The number of carbonyl (C=O) groups excluding carboxylic acids is 1. The second-order valence-corrected chi connectivity index (χ2v) is 6.49. The van der Waals surface area contributed by atoms with Gasteiger partial charge in [-0.05, 0) is 31.4 Å². The average Bonchev–Trinajstić information content (AvgIpc) is 3.08. The van der Waals surface area contributed by atoms with Crippen LogP contribution in [0.4, 0.5) is 0 Å². The highest BCUT2D eigenvalue weighted by molar-refractivity contribution is 7.99. The predicted octanol–water partition coefficient (Wildman–Crippen LogP) is 1.45. The van der Waals surface area contributed by atoms with Gasteiger partial charge in [0.25, 0.3) is 0 Å². The zero-order chi connectivity index (χ0) is 11.6. The molecular weight excluding hydrogens is 240 g/mol. The SMILES string of the molecule is NC(=S)C1(C(=O)NCC2CCCCS2)CC1. The molecule has 0 spiro atoms. The van der Waals surface area contributed by atoms with Crippen LogP contribution in [-0.4, -0.2) is 28.4 Å². The topological polar surface area (TPSA) is 55.1 Å². The van der Waals surface area contributed by atoms with Crippen molar-refractivity contribution in [2.24, 2.45) is 11.1 Å². The Hall–Kier alpha value is -0.290. The predicted molar refractivity (Wildman–Crippen MR) is 71.6 cm³/mol. The molecule has 1 saturated heterocycles. The fourth-order valence-corrected chi connectivity index (χ4v) is 3.59. The van der Waals surface area contributed by atoms with Crippen LogP contribution in [-0.2, 0) is 4.79 Å². The van der Waals surface area contributed by atoms with E-state index in [-0.39, 0.29) is 5.91 Å². The number of amides is 1. The van der Waals surface area contributed by atoms with Crippen LogP contribution >= 0.6 is 24.0 Å². The molecule has 1 aliphatic heterocycles. The third-order valence-corrected chi connectivity index (χ3v) is 5.21. The minimum atomic E-state index is -0.491. The number of nitrogens with one attached hydrogen (secondary N) is 1. The molecule has 16 heavy (non-hydrogen) atoms. The van der Waals surface area contributed by atoms with Gasteiger partial charge < -0.3 is 11.1 Å². The van der Waals surface area contributed by atoms with Crippen LogP contribution < -0.4 is 11.1 Å². The normalized spacial score (nSPS) is 27.1. The lowest BCUT2D eigenvalue weighted by atomic mass is 10.1. The molecular formula is C11H18N2OS2. The summed E-state index contributed by atoms with van der Waals surface area (Å²) < 4.78 is 0. The van der Waals surface area contributed by atoms with Crippen LogP contribution in [0.5, 0.6) is 0 Å². The fourth-order valence-electron chi connectivity index (χ4n) is 2.05. The first kappa shape index (κ1) is 12.2. The summed E-state index contributed by atoms with van der Waals surface area (Å²) in [4.78, 5) is 12.3. The number of carbonyl (C=O) groups is 1. The average molecular weight is 258 g/mol. The van der Waals surface area contributed by atoms with Gasteiger partial charge in [0.15, 0.2) is 0 Å². The molecule has 3 N–H and O–H groups in total. The van der Waals surface area contributed by atoms with E-state index in [0.29, 0.717) is 10.2 Å². The van der Waals surface area contributed by atoms with Gasteiger partial charge in [0, 0.05) is 11.8 Å². The summed E-state index contributed by atoms with van der Waals surface area (Å²) in [7, 11) is 0. The molecule has 1 atom stereocenters. The van der Waals surface area contributed by atoms with Gasteiger partial charge in [-0.1, -0.05) is 18.6 Å². The van der Waals surface area contributed by atoms with Gasteiger partial charge in [-0.3, -0.25) is 4.79 Å². The van der Waals surface area contributed by atoms with E-state index < -0.39 is 5.41 Å². The zero-order valence-electron chi connectivity index (χ0n) is 9.33. The monoisotopic (exact) mass is 258 g/mol. The van der Waals surface area contributed by atoms with Crippen LogP contribution in [0.25, 0.3) is 0 Å². The molecule has 0 aromatic rings. The molecule has 3 nitrogen and oxygen atoms in total. The first-order valence-corrected chi connectivity index (χ1v) is 7.31. The summed E-state index contributed by atoms with van der Waals surface area (Å²) in [5, 5.41) is 3.59. The van der Waals surface area contributed by atoms with Crippen LogP contribution in [0.15, 0.2) is 0 Å². The summed E-state index contributed by atoms with van der Waals surface area (Å²) in [6.07, 6.45) is 5.46. The highest BCUT2D eigenvalue weighted by Gasteiger charge is 2.52. The maximum absolute atomic E-state index is 11.9. The largest absolute Gasteiger partial charge is 0.392 e. The summed E-state index contributed by atoms with van der Waals surface area (Å²) in [6.45, 7) is 0.772. The smallest absolute Gasteiger partial charge is 0.233 e. The molecule has 1 heterocycles. The molecule has 0 aromatic heterocycles. The van der Waals surface area contributed by atoms with Gasteiger partial charge in [-0.25, -0.2) is 0 Å². The highest BCUT2D eigenvalue weighted by atomic mass is 32.2. The van der Waals surface area contributed by atoms with E-state index in [0.717, 1.165) is 19.4 Å². The van der Waals surface area contributed by atoms with Gasteiger partial charge in [0.05, 0.1) is 10.4 Å². The van der Waals surface area contributed by atoms with E-state index in [4.69, 9.17) is 18.0 Å². The molecule has 1 unspecified atom stereocenters. The van der Waals surface area contributed by atoms with E-state index in [1.54, 1.807) is 0 Å². The van der Waals surface area contributed by atoms with Crippen LogP contribution in [0.3, 0.4) is 0 Å². The van der Waals surface area contributed by atoms with Gasteiger partial charge in [0.1, 0.15) is 0 Å². The Balaban J connectivity index is 1.77. The number of hydrogen-bond acceptors (Lipinski definition) is 3. The van der Waals surface area contributed by atoms with Gasteiger partial charge >= 0.3 is 0 Å². The zero-order valence-corrected chi connectivity index (χ0v) is 11.0. The first-order valence-electron chi connectivity index (χ1n) is 5.85. The van der Waals surface area contributed by atoms with E-state index in [9.17, 15) is 4.79 Å². The molecule has 1 saturated carbocycles.